The van der Waals surface area contributed by atoms with Gasteiger partial charge in [0.05, 0.1) is 18.8 Å². The lowest BCUT2D eigenvalue weighted by Gasteiger charge is -2.47. The Morgan fingerprint density at radius 2 is 2.09 bits per heavy atom. The molecule has 0 aliphatic carbocycles. The minimum Gasteiger partial charge on any atom is -0.395 e. The van der Waals surface area contributed by atoms with Gasteiger partial charge in [0, 0.05) is 36.2 Å². The van der Waals surface area contributed by atoms with Crippen molar-refractivity contribution in [2.75, 3.05) is 49.5 Å². The second-order valence-electron chi connectivity index (χ2n) is 8.66. The molecule has 0 spiro atoms. The van der Waals surface area contributed by atoms with Gasteiger partial charge in [0.25, 0.3) is 0 Å². The smallest absolute Gasteiger partial charge is 0.183 e. The number of aliphatic hydroxyl groups excluding tert-OH is 1. The molecule has 2 unspecified atom stereocenters. The lowest BCUT2D eigenvalue weighted by atomic mass is 9.80. The molecule has 0 radical (unpaired) electrons. The quantitative estimate of drug-likeness (QED) is 0.627. The third-order valence-electron chi connectivity index (χ3n) is 6.51. The lowest BCUT2D eigenvalue weighted by Crippen LogP contribution is -2.54. The minimum atomic E-state index is -0.166. The van der Waals surface area contributed by atoms with Crippen molar-refractivity contribution in [2.24, 2.45) is 11.8 Å². The van der Waals surface area contributed by atoms with E-state index in [1.165, 1.54) is 12.8 Å². The highest BCUT2D eigenvalue weighted by atomic mass is 35.5. The Kier molecular flexibility index (Phi) is 7.37. The third-order valence-corrected chi connectivity index (χ3v) is 7.07. The molecule has 3 heterocycles. The first-order chi connectivity index (χ1) is 15.5. The number of nitriles is 1. The van der Waals surface area contributed by atoms with E-state index in [0.29, 0.717) is 27.7 Å². The predicted molar refractivity (Wildman–Crippen MR) is 127 cm³/mol. The van der Waals surface area contributed by atoms with Crippen molar-refractivity contribution in [2.45, 2.75) is 25.8 Å². The number of halogens is 2. The van der Waals surface area contributed by atoms with Gasteiger partial charge in [-0.3, -0.25) is 0 Å². The second-order valence-corrected chi connectivity index (χ2v) is 9.50. The highest BCUT2D eigenvalue weighted by molar-refractivity contribution is 6.35. The molecule has 0 bridgehead atoms. The first-order valence-electron chi connectivity index (χ1n) is 11.0. The van der Waals surface area contributed by atoms with E-state index in [0.717, 1.165) is 44.1 Å². The molecule has 1 aromatic heterocycles. The highest BCUT2D eigenvalue weighted by Gasteiger charge is 2.36. The summed E-state index contributed by atoms with van der Waals surface area (Å²) in [6, 6.07) is 7.32. The number of β-amino-alcohol motifs (C(OH)–C–C–N with tert-alkyl or cyclic N) is 1. The van der Waals surface area contributed by atoms with E-state index >= 15 is 0 Å². The van der Waals surface area contributed by atoms with Crippen molar-refractivity contribution in [1.82, 2.24) is 14.9 Å². The van der Waals surface area contributed by atoms with E-state index in [1.807, 2.05) is 13.0 Å². The molecule has 0 saturated carbocycles. The van der Waals surface area contributed by atoms with Gasteiger partial charge in [-0.1, -0.05) is 29.3 Å². The van der Waals surface area contributed by atoms with Gasteiger partial charge in [-0.25, -0.2) is 9.97 Å². The van der Waals surface area contributed by atoms with E-state index in [9.17, 15) is 10.4 Å². The van der Waals surface area contributed by atoms with E-state index < -0.39 is 0 Å². The summed E-state index contributed by atoms with van der Waals surface area (Å²) in [6.45, 7) is 6.97. The maximum atomic E-state index is 9.50. The lowest BCUT2D eigenvalue weighted by molar-refractivity contribution is 0.101. The van der Waals surface area contributed by atoms with Crippen LogP contribution < -0.4 is 10.2 Å². The fourth-order valence-corrected chi connectivity index (χ4v) is 5.24. The summed E-state index contributed by atoms with van der Waals surface area (Å²) in [7, 11) is 0. The van der Waals surface area contributed by atoms with Crippen LogP contribution in [0.1, 0.15) is 37.1 Å². The summed E-state index contributed by atoms with van der Waals surface area (Å²) in [5.74, 6) is 2.51. The Morgan fingerprint density at radius 3 is 2.81 bits per heavy atom. The van der Waals surface area contributed by atoms with Gasteiger partial charge in [-0.2, -0.15) is 5.26 Å². The maximum absolute atomic E-state index is 9.50. The SMILES string of the molecule is CC(Nc1nc(N2CC(C3CCCN(CCO)C3)C2)cnc1C#N)c1ccc(Cl)cc1Cl. The van der Waals surface area contributed by atoms with Crippen LogP contribution in [0, 0.1) is 23.2 Å². The predicted octanol–water partition coefficient (Wildman–Crippen LogP) is 3.97. The molecule has 170 valence electrons. The van der Waals surface area contributed by atoms with Gasteiger partial charge in [0.2, 0.25) is 0 Å². The number of nitrogens with zero attached hydrogens (tertiary/aromatic N) is 5. The number of likely N-dealkylation sites (tertiary alicyclic amines) is 1. The molecule has 2 N–H and O–H groups in total. The molecule has 9 heteroatoms. The van der Waals surface area contributed by atoms with Crippen LogP contribution in [0.3, 0.4) is 0 Å². The number of benzene rings is 1. The van der Waals surface area contributed by atoms with Crippen molar-refractivity contribution < 1.29 is 5.11 Å². The van der Waals surface area contributed by atoms with Gasteiger partial charge in [-0.15, -0.1) is 0 Å². The molecule has 2 saturated heterocycles. The van der Waals surface area contributed by atoms with E-state index in [-0.39, 0.29) is 18.3 Å². The number of rotatable bonds is 7. The molecule has 2 atom stereocenters. The number of hydrogen-bond donors (Lipinski definition) is 2. The molecular weight excluding hydrogens is 447 g/mol. The number of anilines is 2. The monoisotopic (exact) mass is 474 g/mol. The summed E-state index contributed by atoms with van der Waals surface area (Å²) < 4.78 is 0. The first-order valence-corrected chi connectivity index (χ1v) is 11.8. The summed E-state index contributed by atoms with van der Waals surface area (Å²) in [5, 5.41) is 23.2. The van der Waals surface area contributed by atoms with Crippen LogP contribution >= 0.6 is 23.2 Å². The molecule has 7 nitrogen and oxygen atoms in total. The van der Waals surface area contributed by atoms with Crippen LogP contribution in [0.2, 0.25) is 10.0 Å². The average molecular weight is 475 g/mol. The van der Waals surface area contributed by atoms with E-state index in [1.54, 1.807) is 18.3 Å². The Hall–Kier alpha value is -2.11. The maximum Gasteiger partial charge on any atom is 0.183 e. The topological polar surface area (TPSA) is 88.3 Å². The minimum absolute atomic E-state index is 0.166. The van der Waals surface area contributed by atoms with Crippen molar-refractivity contribution >= 4 is 34.8 Å². The molecule has 1 aromatic carbocycles. The van der Waals surface area contributed by atoms with Crippen molar-refractivity contribution in [3.63, 3.8) is 0 Å². The summed E-state index contributed by atoms with van der Waals surface area (Å²) in [4.78, 5) is 13.6. The largest absolute Gasteiger partial charge is 0.395 e. The molecule has 2 aromatic rings. The number of aliphatic hydroxyl groups is 1. The number of piperidine rings is 1. The standard InChI is InChI=1S/C23H28Cl2N6O/c1-15(19-5-4-18(24)9-20(19)25)28-23-21(10-26)27-11-22(29-23)31-13-17(14-31)16-3-2-6-30(12-16)7-8-32/h4-5,9,11,15-17,32H,2-3,6-8,12-14H2,1H3,(H,28,29). The summed E-state index contributed by atoms with van der Waals surface area (Å²) in [6.07, 6.45) is 4.11. The number of hydrogen-bond acceptors (Lipinski definition) is 7. The van der Waals surface area contributed by atoms with Crippen LogP contribution in [-0.2, 0) is 0 Å². The van der Waals surface area contributed by atoms with Crippen molar-refractivity contribution in [1.29, 1.82) is 5.26 Å². The van der Waals surface area contributed by atoms with Crippen LogP contribution in [0.25, 0.3) is 0 Å². The van der Waals surface area contributed by atoms with Gasteiger partial charge in [-0.05, 0) is 55.8 Å². The van der Waals surface area contributed by atoms with Gasteiger partial charge >= 0.3 is 0 Å². The molecule has 0 amide bonds. The molecule has 2 fully saturated rings. The Morgan fingerprint density at radius 1 is 1.28 bits per heavy atom. The molecule has 4 rings (SSSR count). The molecule has 2 aliphatic rings. The zero-order chi connectivity index (χ0) is 22.7. The Labute approximate surface area is 199 Å². The van der Waals surface area contributed by atoms with Gasteiger partial charge in [0.1, 0.15) is 11.9 Å². The number of nitrogens with one attached hydrogen (secondary N) is 1. The van der Waals surface area contributed by atoms with E-state index in [4.69, 9.17) is 28.2 Å². The van der Waals surface area contributed by atoms with Gasteiger partial charge < -0.3 is 20.2 Å². The first kappa shape index (κ1) is 23.1. The highest BCUT2D eigenvalue weighted by Crippen LogP contribution is 2.34. The van der Waals surface area contributed by atoms with Crippen LogP contribution in [0.4, 0.5) is 11.6 Å². The fourth-order valence-electron chi connectivity index (χ4n) is 4.67. The average Bonchev–Trinajstić information content (AvgIpc) is 2.73. The summed E-state index contributed by atoms with van der Waals surface area (Å²) >= 11 is 12.4. The zero-order valence-corrected chi connectivity index (χ0v) is 19.6. The Balaban J connectivity index is 1.42. The van der Waals surface area contributed by atoms with Crippen molar-refractivity contribution in [3.05, 3.63) is 45.7 Å². The third kappa shape index (κ3) is 5.10. The zero-order valence-electron chi connectivity index (χ0n) is 18.1. The summed E-state index contributed by atoms with van der Waals surface area (Å²) in [5.41, 5.74) is 1.13. The van der Waals surface area contributed by atoms with Gasteiger partial charge in [0.15, 0.2) is 11.5 Å². The number of aromatic nitrogens is 2. The normalized spacial score (nSPS) is 20.5. The van der Waals surface area contributed by atoms with Crippen molar-refractivity contribution in [3.8, 4) is 6.07 Å². The molecule has 32 heavy (non-hydrogen) atoms. The van der Waals surface area contributed by atoms with E-state index in [2.05, 4.69) is 26.2 Å². The second kappa shape index (κ2) is 10.2. The van der Waals surface area contributed by atoms with Crippen LogP contribution in [0.5, 0.6) is 0 Å². The van der Waals surface area contributed by atoms with Crippen LogP contribution in [0.15, 0.2) is 24.4 Å². The Bertz CT molecular complexity index is 989. The molecule has 2 aliphatic heterocycles. The van der Waals surface area contributed by atoms with Crippen LogP contribution in [-0.4, -0.2) is 59.3 Å². The fraction of sp³-hybridized carbons (Fsp3) is 0.522. The molecular formula is C23H28Cl2N6O.